The molecule has 3 rings (SSSR count). The quantitative estimate of drug-likeness (QED) is 0.786. The molecule has 1 aliphatic heterocycles. The molecule has 0 spiro atoms. The molecule has 6 nitrogen and oxygen atoms in total. The molecule has 1 atom stereocenters. The Bertz CT molecular complexity index is 754. The van der Waals surface area contributed by atoms with Crippen LogP contribution in [0.3, 0.4) is 0 Å². The summed E-state index contributed by atoms with van der Waals surface area (Å²) in [5, 5.41) is 14.3. The topological polar surface area (TPSA) is 69.8 Å². The molecule has 140 valence electrons. The highest BCUT2D eigenvalue weighted by Crippen LogP contribution is 2.32. The summed E-state index contributed by atoms with van der Waals surface area (Å²) in [5.41, 5.74) is 0.730. The molecule has 1 saturated heterocycles. The van der Waals surface area contributed by atoms with E-state index in [9.17, 15) is 9.90 Å². The van der Waals surface area contributed by atoms with Gasteiger partial charge in [-0.1, -0.05) is 16.8 Å². The van der Waals surface area contributed by atoms with E-state index >= 15 is 0 Å². The third kappa shape index (κ3) is 4.02. The molecular formula is C19H24ClN3O3. The van der Waals surface area contributed by atoms with Crippen molar-refractivity contribution in [3.63, 3.8) is 0 Å². The summed E-state index contributed by atoms with van der Waals surface area (Å²) in [7, 11) is 1.85. The van der Waals surface area contributed by atoms with Gasteiger partial charge >= 0.3 is 5.97 Å². The van der Waals surface area contributed by atoms with E-state index in [2.05, 4.69) is 17.0 Å². The molecule has 1 unspecified atom stereocenters. The van der Waals surface area contributed by atoms with Crippen LogP contribution in [-0.2, 0) is 0 Å². The van der Waals surface area contributed by atoms with Crippen molar-refractivity contribution < 1.29 is 14.4 Å². The zero-order valence-electron chi connectivity index (χ0n) is 15.1. The van der Waals surface area contributed by atoms with Gasteiger partial charge in [-0.25, -0.2) is 4.79 Å². The van der Waals surface area contributed by atoms with E-state index in [1.54, 1.807) is 24.3 Å². The molecule has 1 aliphatic rings. The number of rotatable bonds is 7. The first kappa shape index (κ1) is 18.7. The summed E-state index contributed by atoms with van der Waals surface area (Å²) >= 11 is 5.91. The van der Waals surface area contributed by atoms with Crippen LogP contribution in [0.5, 0.6) is 0 Å². The van der Waals surface area contributed by atoms with Gasteiger partial charge < -0.3 is 19.4 Å². The van der Waals surface area contributed by atoms with E-state index < -0.39 is 5.97 Å². The fourth-order valence-corrected chi connectivity index (χ4v) is 3.51. The van der Waals surface area contributed by atoms with Gasteiger partial charge in [-0.05, 0) is 63.5 Å². The number of carboxylic acid groups (broad SMARTS) is 1. The van der Waals surface area contributed by atoms with Gasteiger partial charge in [0.25, 0.3) is 0 Å². The molecule has 1 aromatic carbocycles. The molecule has 0 amide bonds. The Morgan fingerprint density at radius 1 is 1.35 bits per heavy atom. The van der Waals surface area contributed by atoms with E-state index in [1.165, 1.54) is 12.8 Å². The number of hydrogen-bond acceptors (Lipinski definition) is 5. The van der Waals surface area contributed by atoms with Gasteiger partial charge in [0.1, 0.15) is 0 Å². The van der Waals surface area contributed by atoms with Crippen LogP contribution in [0.25, 0.3) is 11.3 Å². The average Bonchev–Trinajstić information content (AvgIpc) is 3.29. The minimum absolute atomic E-state index is 0.0867. The second kappa shape index (κ2) is 8.10. The van der Waals surface area contributed by atoms with E-state index in [0.717, 1.165) is 19.5 Å². The van der Waals surface area contributed by atoms with Gasteiger partial charge in [0.05, 0.1) is 0 Å². The van der Waals surface area contributed by atoms with Gasteiger partial charge in [-0.15, -0.1) is 0 Å². The molecule has 26 heavy (non-hydrogen) atoms. The molecule has 1 fully saturated rings. The van der Waals surface area contributed by atoms with Gasteiger partial charge in [-0.3, -0.25) is 0 Å². The normalized spacial score (nSPS) is 16.0. The minimum atomic E-state index is -1.05. The Morgan fingerprint density at radius 3 is 2.62 bits per heavy atom. The lowest BCUT2D eigenvalue weighted by Crippen LogP contribution is -2.34. The van der Waals surface area contributed by atoms with Crippen LogP contribution in [-0.4, -0.2) is 53.9 Å². The summed E-state index contributed by atoms with van der Waals surface area (Å²) in [6, 6.07) is 7.33. The SMILES string of the molecule is CC(CCN(C)c1noc(-c2ccc(Cl)cc2)c1C(=O)O)N1CCCC1. The van der Waals surface area contributed by atoms with Gasteiger partial charge in [0.2, 0.25) is 0 Å². The van der Waals surface area contributed by atoms with Crippen LogP contribution in [0.4, 0.5) is 5.82 Å². The summed E-state index contributed by atoms with van der Waals surface area (Å²) in [4.78, 5) is 16.2. The number of likely N-dealkylation sites (tertiary alicyclic amines) is 1. The number of hydrogen-bond donors (Lipinski definition) is 1. The maximum Gasteiger partial charge on any atom is 0.343 e. The molecule has 0 saturated carbocycles. The van der Waals surface area contributed by atoms with Crippen molar-refractivity contribution in [3.05, 3.63) is 34.9 Å². The van der Waals surface area contributed by atoms with Crippen LogP contribution >= 0.6 is 11.6 Å². The van der Waals surface area contributed by atoms with E-state index in [1.807, 2.05) is 11.9 Å². The van der Waals surface area contributed by atoms with Crippen molar-refractivity contribution in [2.75, 3.05) is 31.6 Å². The second-order valence-electron chi connectivity index (χ2n) is 6.82. The Morgan fingerprint density at radius 2 is 2.00 bits per heavy atom. The van der Waals surface area contributed by atoms with Crippen molar-refractivity contribution in [1.29, 1.82) is 0 Å². The largest absolute Gasteiger partial charge is 0.477 e. The van der Waals surface area contributed by atoms with E-state index in [-0.39, 0.29) is 11.3 Å². The standard InChI is InChI=1S/C19H24ClN3O3/c1-13(23-10-3-4-11-23)9-12-22(2)18-16(19(24)25)17(26-21-18)14-5-7-15(20)8-6-14/h5-8,13H,3-4,9-12H2,1-2H3,(H,24,25). The lowest BCUT2D eigenvalue weighted by molar-refractivity contribution is 0.0698. The molecular weight excluding hydrogens is 354 g/mol. The van der Waals surface area contributed by atoms with E-state index in [4.69, 9.17) is 16.1 Å². The van der Waals surface area contributed by atoms with Crippen molar-refractivity contribution in [2.24, 2.45) is 0 Å². The lowest BCUT2D eigenvalue weighted by Gasteiger charge is -2.26. The molecule has 2 aromatic rings. The first-order valence-corrected chi connectivity index (χ1v) is 9.29. The molecule has 7 heteroatoms. The van der Waals surface area contributed by atoms with Crippen LogP contribution in [0.1, 0.15) is 36.5 Å². The number of halogens is 1. The van der Waals surface area contributed by atoms with Crippen molar-refractivity contribution in [2.45, 2.75) is 32.2 Å². The summed E-state index contributed by atoms with van der Waals surface area (Å²) in [6.45, 7) is 5.23. The molecule has 0 radical (unpaired) electrons. The number of carbonyl (C=O) groups is 1. The van der Waals surface area contributed by atoms with E-state index in [0.29, 0.717) is 29.0 Å². The lowest BCUT2D eigenvalue weighted by atomic mass is 10.1. The molecule has 1 N–H and O–H groups in total. The third-order valence-corrected chi connectivity index (χ3v) is 5.25. The Hall–Kier alpha value is -2.05. The molecule has 2 heterocycles. The highest BCUT2D eigenvalue weighted by Gasteiger charge is 2.27. The zero-order chi connectivity index (χ0) is 18.7. The van der Waals surface area contributed by atoms with Crippen LogP contribution in [0.15, 0.2) is 28.8 Å². The van der Waals surface area contributed by atoms with Gasteiger partial charge in [0.15, 0.2) is 17.1 Å². The number of aromatic carboxylic acids is 1. The zero-order valence-corrected chi connectivity index (χ0v) is 15.9. The minimum Gasteiger partial charge on any atom is -0.477 e. The molecule has 0 aliphatic carbocycles. The molecule has 0 bridgehead atoms. The van der Waals surface area contributed by atoms with Crippen molar-refractivity contribution >= 4 is 23.4 Å². The number of benzene rings is 1. The first-order chi connectivity index (χ1) is 12.5. The summed E-state index contributed by atoms with van der Waals surface area (Å²) in [6.07, 6.45) is 3.47. The molecule has 1 aromatic heterocycles. The number of nitrogens with zero attached hydrogens (tertiary/aromatic N) is 3. The summed E-state index contributed by atoms with van der Waals surface area (Å²) in [5.74, 6) is -0.440. The van der Waals surface area contributed by atoms with Crippen LogP contribution < -0.4 is 4.90 Å². The fraction of sp³-hybridized carbons (Fsp3) is 0.474. The smallest absolute Gasteiger partial charge is 0.343 e. The van der Waals surface area contributed by atoms with Gasteiger partial charge in [-0.2, -0.15) is 0 Å². The monoisotopic (exact) mass is 377 g/mol. The number of anilines is 1. The van der Waals surface area contributed by atoms with Crippen molar-refractivity contribution in [1.82, 2.24) is 10.1 Å². The predicted molar refractivity (Wildman–Crippen MR) is 102 cm³/mol. The Kier molecular flexibility index (Phi) is 5.84. The Balaban J connectivity index is 1.76. The Labute approximate surface area is 158 Å². The van der Waals surface area contributed by atoms with Gasteiger partial charge in [0, 0.05) is 30.2 Å². The highest BCUT2D eigenvalue weighted by molar-refractivity contribution is 6.30. The maximum atomic E-state index is 11.8. The maximum absolute atomic E-state index is 11.8. The van der Waals surface area contributed by atoms with Crippen molar-refractivity contribution in [3.8, 4) is 11.3 Å². The first-order valence-electron chi connectivity index (χ1n) is 8.91. The fourth-order valence-electron chi connectivity index (χ4n) is 3.38. The van der Waals surface area contributed by atoms with Crippen LogP contribution in [0, 0.1) is 0 Å². The number of aromatic nitrogens is 1. The highest BCUT2D eigenvalue weighted by atomic mass is 35.5. The second-order valence-corrected chi connectivity index (χ2v) is 7.26. The third-order valence-electron chi connectivity index (χ3n) is 5.00. The van der Waals surface area contributed by atoms with Crippen LogP contribution in [0.2, 0.25) is 5.02 Å². The predicted octanol–water partition coefficient (Wildman–Crippen LogP) is 4.00. The summed E-state index contributed by atoms with van der Waals surface area (Å²) < 4.78 is 5.38. The average molecular weight is 378 g/mol. The number of carboxylic acids is 1.